The first-order valence-corrected chi connectivity index (χ1v) is 12.0. The maximum absolute atomic E-state index is 13.2. The smallest absolute Gasteiger partial charge is 0.347 e. The van der Waals surface area contributed by atoms with Gasteiger partial charge in [-0.25, -0.2) is 13.4 Å². The van der Waals surface area contributed by atoms with Gasteiger partial charge in [-0.3, -0.25) is 4.79 Å². The number of nitrogens with zero attached hydrogens (tertiary/aromatic N) is 3. The van der Waals surface area contributed by atoms with E-state index < -0.39 is 44.7 Å². The molecule has 1 saturated heterocycles. The van der Waals surface area contributed by atoms with Crippen molar-refractivity contribution in [2.75, 3.05) is 13.1 Å². The van der Waals surface area contributed by atoms with Crippen LogP contribution in [0, 0.1) is 0 Å². The lowest BCUT2D eigenvalue weighted by molar-refractivity contribution is -0.137. The minimum atomic E-state index is -4.72. The Morgan fingerprint density at radius 1 is 1.12 bits per heavy atom. The molecule has 1 amide bonds. The van der Waals surface area contributed by atoms with Crippen LogP contribution in [0.2, 0.25) is 5.02 Å². The van der Waals surface area contributed by atoms with Gasteiger partial charge < -0.3 is 9.88 Å². The largest absolute Gasteiger partial charge is 0.417 e. The van der Waals surface area contributed by atoms with Gasteiger partial charge in [-0.15, -0.1) is 0 Å². The zero-order valence-corrected chi connectivity index (χ0v) is 19.4. The molecule has 2 unspecified atom stereocenters. The highest BCUT2D eigenvalue weighted by atomic mass is 35.5. The summed E-state index contributed by atoms with van der Waals surface area (Å²) in [7, 11) is -2.31. The molecule has 0 radical (unpaired) electrons. The minimum absolute atomic E-state index is 0.0597. The molecule has 2 heterocycles. The maximum Gasteiger partial charge on any atom is 0.417 e. The molecule has 7 nitrogen and oxygen atoms in total. The van der Waals surface area contributed by atoms with Gasteiger partial charge in [0.2, 0.25) is 0 Å². The molecular weight excluding hydrogens is 493 g/mol. The number of nitrogens with one attached hydrogen (secondary N) is 1. The highest BCUT2D eigenvalue weighted by molar-refractivity contribution is 7.89. The van der Waals surface area contributed by atoms with Crippen molar-refractivity contribution < 1.29 is 26.4 Å². The zero-order chi connectivity index (χ0) is 24.7. The molecule has 180 valence electrons. The second kappa shape index (κ2) is 9.05. The number of carbonyl (C=O) groups excluding carboxylic acids is 1. The third kappa shape index (κ3) is 4.68. The summed E-state index contributed by atoms with van der Waals surface area (Å²) in [5.41, 5.74) is -0.678. The van der Waals surface area contributed by atoms with E-state index in [1.54, 1.807) is 37.4 Å². The van der Waals surface area contributed by atoms with Gasteiger partial charge in [0.05, 0.1) is 28.5 Å². The number of aromatic nitrogens is 2. The summed E-state index contributed by atoms with van der Waals surface area (Å²) in [6.07, 6.45) is -1.98. The standard InChI is InChI=1S/C22H20ClF3N4O3S/c1-29-12-19(27-13-29)34(32,33)30-10-16(14-6-3-2-4-7-14)18(11-30)28-21(31)15-8-5-9-17(20(15)23)22(24,25)26/h2-9,12-13,16,18H,10-11H2,1H3,(H,28,31). The summed E-state index contributed by atoms with van der Waals surface area (Å²) < 4.78 is 68.7. The topological polar surface area (TPSA) is 84.3 Å². The van der Waals surface area contributed by atoms with E-state index in [4.69, 9.17) is 11.6 Å². The van der Waals surface area contributed by atoms with E-state index in [2.05, 4.69) is 10.3 Å². The first kappa shape index (κ1) is 24.2. The first-order chi connectivity index (χ1) is 16.0. The average Bonchev–Trinajstić information content (AvgIpc) is 3.41. The maximum atomic E-state index is 13.2. The van der Waals surface area contributed by atoms with E-state index in [1.807, 2.05) is 0 Å². The van der Waals surface area contributed by atoms with Gasteiger partial charge in [0.1, 0.15) is 0 Å². The number of imidazole rings is 1. The van der Waals surface area contributed by atoms with Crippen LogP contribution in [0.3, 0.4) is 0 Å². The Labute approximate surface area is 199 Å². The van der Waals surface area contributed by atoms with Crippen LogP contribution >= 0.6 is 11.6 Å². The van der Waals surface area contributed by atoms with Crippen molar-refractivity contribution in [3.8, 4) is 0 Å². The number of hydrogen-bond donors (Lipinski definition) is 1. The molecule has 0 aliphatic carbocycles. The Balaban J connectivity index is 1.65. The number of rotatable bonds is 5. The molecule has 1 aromatic heterocycles. The molecule has 4 rings (SSSR count). The Bertz CT molecular complexity index is 1310. The fraction of sp³-hybridized carbons (Fsp3) is 0.273. The van der Waals surface area contributed by atoms with Crippen LogP contribution < -0.4 is 5.32 Å². The molecule has 0 bridgehead atoms. The lowest BCUT2D eigenvalue weighted by atomic mass is 9.94. The Kier molecular flexibility index (Phi) is 6.45. The molecule has 2 aromatic carbocycles. The number of sulfonamides is 1. The van der Waals surface area contributed by atoms with E-state index >= 15 is 0 Å². The lowest BCUT2D eigenvalue weighted by Crippen LogP contribution is -2.40. The van der Waals surface area contributed by atoms with Gasteiger partial charge >= 0.3 is 6.18 Å². The van der Waals surface area contributed by atoms with Crippen LogP contribution in [0.4, 0.5) is 13.2 Å². The third-order valence-electron chi connectivity index (χ3n) is 5.66. The number of amides is 1. The van der Waals surface area contributed by atoms with E-state index in [9.17, 15) is 26.4 Å². The van der Waals surface area contributed by atoms with Crippen LogP contribution in [-0.4, -0.2) is 47.3 Å². The van der Waals surface area contributed by atoms with Gasteiger partial charge in [-0.1, -0.05) is 48.0 Å². The summed E-state index contributed by atoms with van der Waals surface area (Å²) in [5, 5.41) is 1.86. The van der Waals surface area contributed by atoms with E-state index in [0.29, 0.717) is 0 Å². The molecule has 1 aliphatic rings. The minimum Gasteiger partial charge on any atom is -0.347 e. The summed E-state index contributed by atoms with van der Waals surface area (Å²) in [6.45, 7) is -0.0228. The molecule has 1 aliphatic heterocycles. The van der Waals surface area contributed by atoms with Gasteiger partial charge in [0.25, 0.3) is 15.9 Å². The van der Waals surface area contributed by atoms with Crippen LogP contribution in [0.15, 0.2) is 66.1 Å². The number of hydrogen-bond acceptors (Lipinski definition) is 4. The summed E-state index contributed by atoms with van der Waals surface area (Å²) in [5.74, 6) is -1.26. The first-order valence-electron chi connectivity index (χ1n) is 10.2. The molecule has 0 spiro atoms. The van der Waals surface area contributed by atoms with Gasteiger partial charge in [-0.2, -0.15) is 17.5 Å². The zero-order valence-electron chi connectivity index (χ0n) is 17.8. The lowest BCUT2D eigenvalue weighted by Gasteiger charge is -2.21. The highest BCUT2D eigenvalue weighted by Gasteiger charge is 2.42. The number of alkyl halides is 3. The van der Waals surface area contributed by atoms with Crippen molar-refractivity contribution >= 4 is 27.5 Å². The van der Waals surface area contributed by atoms with E-state index in [1.165, 1.54) is 27.5 Å². The molecule has 34 heavy (non-hydrogen) atoms. The molecule has 3 aromatic rings. The second-order valence-corrected chi connectivity index (χ2v) is 10.2. The molecule has 1 fully saturated rings. The summed E-state index contributed by atoms with van der Waals surface area (Å²) in [6, 6.07) is 11.4. The van der Waals surface area contributed by atoms with Crippen molar-refractivity contribution in [2.45, 2.75) is 23.2 Å². The fourth-order valence-electron chi connectivity index (χ4n) is 3.97. The Hall–Kier alpha value is -2.89. The monoisotopic (exact) mass is 512 g/mol. The predicted octanol–water partition coefficient (Wildman–Crippen LogP) is 3.68. The van der Waals surface area contributed by atoms with Crippen molar-refractivity contribution in [1.29, 1.82) is 0 Å². The molecular formula is C22H20ClF3N4O3S. The third-order valence-corrected chi connectivity index (χ3v) is 7.79. The van der Waals surface area contributed by atoms with Crippen LogP contribution in [-0.2, 0) is 23.2 Å². The normalized spacial score (nSPS) is 19.3. The molecule has 12 heteroatoms. The fourth-order valence-corrected chi connectivity index (χ4v) is 5.75. The van der Waals surface area contributed by atoms with Crippen LogP contribution in [0.5, 0.6) is 0 Å². The Morgan fingerprint density at radius 2 is 1.82 bits per heavy atom. The quantitative estimate of drug-likeness (QED) is 0.565. The number of carbonyl (C=O) groups is 1. The van der Waals surface area contributed by atoms with Crippen molar-refractivity contribution in [3.05, 3.63) is 82.8 Å². The van der Waals surface area contributed by atoms with Crippen LogP contribution in [0.1, 0.15) is 27.4 Å². The average molecular weight is 513 g/mol. The summed E-state index contributed by atoms with van der Waals surface area (Å²) in [4.78, 5) is 16.9. The second-order valence-electron chi connectivity index (χ2n) is 7.96. The van der Waals surface area contributed by atoms with Crippen LogP contribution in [0.25, 0.3) is 0 Å². The van der Waals surface area contributed by atoms with Gasteiger partial charge in [0, 0.05) is 32.3 Å². The predicted molar refractivity (Wildman–Crippen MR) is 119 cm³/mol. The number of aryl methyl sites for hydroxylation is 1. The SMILES string of the molecule is Cn1cnc(S(=O)(=O)N2CC(NC(=O)c3cccc(C(F)(F)F)c3Cl)C(c3ccccc3)C2)c1. The van der Waals surface area contributed by atoms with E-state index in [-0.39, 0.29) is 23.7 Å². The molecule has 2 atom stereocenters. The van der Waals surface area contributed by atoms with Crippen molar-refractivity contribution in [2.24, 2.45) is 7.05 Å². The molecule has 0 saturated carbocycles. The Morgan fingerprint density at radius 3 is 2.44 bits per heavy atom. The number of benzene rings is 2. The van der Waals surface area contributed by atoms with Gasteiger partial charge in [-0.05, 0) is 17.7 Å². The van der Waals surface area contributed by atoms with Gasteiger partial charge in [0.15, 0.2) is 5.03 Å². The van der Waals surface area contributed by atoms with E-state index in [0.717, 1.165) is 17.7 Å². The highest BCUT2D eigenvalue weighted by Crippen LogP contribution is 2.37. The molecule has 1 N–H and O–H groups in total. The van der Waals surface area contributed by atoms with Crippen molar-refractivity contribution in [1.82, 2.24) is 19.2 Å². The number of halogens is 4. The van der Waals surface area contributed by atoms with Crippen molar-refractivity contribution in [3.63, 3.8) is 0 Å². The summed E-state index contributed by atoms with van der Waals surface area (Å²) >= 11 is 5.91.